The Morgan fingerprint density at radius 2 is 1.40 bits per heavy atom. The molecule has 0 aliphatic rings. The van der Waals surface area contributed by atoms with Crippen molar-refractivity contribution in [2.24, 2.45) is 0 Å². The molecule has 0 fully saturated rings. The molecule has 0 heterocycles. The van der Waals surface area contributed by atoms with Gasteiger partial charge < -0.3 is 9.84 Å². The fourth-order valence-electron chi connectivity index (χ4n) is 1.42. The van der Waals surface area contributed by atoms with Gasteiger partial charge in [0.05, 0.1) is 6.61 Å². The van der Waals surface area contributed by atoms with Gasteiger partial charge in [-0.15, -0.1) is 11.6 Å². The van der Waals surface area contributed by atoms with Crippen molar-refractivity contribution in [1.29, 1.82) is 0 Å². The Hall–Kier alpha value is -0.440. The number of hydrogen-bond acceptors (Lipinski definition) is 2. The highest BCUT2D eigenvalue weighted by molar-refractivity contribution is 6.17. The zero-order valence-corrected chi connectivity index (χ0v) is 9.97. The summed E-state index contributed by atoms with van der Waals surface area (Å²) >= 11 is 5.56. The lowest BCUT2D eigenvalue weighted by Gasteiger charge is -2.01. The summed E-state index contributed by atoms with van der Waals surface area (Å²) in [4.78, 5) is 10.0. The number of carbonyl (C=O) groups is 1. The molecule has 1 N–H and O–H groups in total. The van der Waals surface area contributed by atoms with Gasteiger partial charge in [0.25, 0.3) is 0 Å². The average molecular weight is 237 g/mol. The molecule has 0 unspecified atom stereocenters. The Kier molecular flexibility index (Phi) is 11.3. The van der Waals surface area contributed by atoms with Crippen molar-refractivity contribution in [2.45, 2.75) is 51.4 Å². The van der Waals surface area contributed by atoms with Crippen LogP contribution in [0.2, 0.25) is 0 Å². The van der Waals surface area contributed by atoms with Crippen molar-refractivity contribution in [1.82, 2.24) is 0 Å². The van der Waals surface area contributed by atoms with Gasteiger partial charge in [0.15, 0.2) is 0 Å². The third-order valence-corrected chi connectivity index (χ3v) is 2.52. The topological polar surface area (TPSA) is 46.5 Å². The summed E-state index contributed by atoms with van der Waals surface area (Å²) in [6.07, 6.45) is 8.00. The first-order valence-electron chi connectivity index (χ1n) is 5.69. The fraction of sp³-hybridized carbons (Fsp3) is 0.909. The van der Waals surface area contributed by atoms with E-state index in [0.717, 1.165) is 25.1 Å². The summed E-state index contributed by atoms with van der Waals surface area (Å²) in [7, 11) is 0. The molecule has 0 bridgehead atoms. The Labute approximate surface area is 96.8 Å². The van der Waals surface area contributed by atoms with Gasteiger partial charge in [-0.1, -0.05) is 38.5 Å². The van der Waals surface area contributed by atoms with Gasteiger partial charge in [0, 0.05) is 5.88 Å². The predicted octanol–water partition coefficient (Wildman–Crippen LogP) is 4.04. The van der Waals surface area contributed by atoms with Gasteiger partial charge >= 0.3 is 6.16 Å². The van der Waals surface area contributed by atoms with Crippen molar-refractivity contribution in [3.05, 3.63) is 0 Å². The van der Waals surface area contributed by atoms with Crippen molar-refractivity contribution >= 4 is 17.8 Å². The number of rotatable bonds is 10. The highest BCUT2D eigenvalue weighted by atomic mass is 35.5. The van der Waals surface area contributed by atoms with Gasteiger partial charge in [0.2, 0.25) is 0 Å². The average Bonchev–Trinajstić information content (AvgIpc) is 2.20. The molecule has 3 nitrogen and oxygen atoms in total. The first-order valence-corrected chi connectivity index (χ1v) is 6.22. The maximum absolute atomic E-state index is 10.0. The predicted molar refractivity (Wildman–Crippen MR) is 61.6 cm³/mol. The van der Waals surface area contributed by atoms with Crippen molar-refractivity contribution in [2.75, 3.05) is 12.5 Å². The lowest BCUT2D eigenvalue weighted by atomic mass is 10.1. The maximum Gasteiger partial charge on any atom is 0.505 e. The molecule has 15 heavy (non-hydrogen) atoms. The number of halogens is 1. The first-order chi connectivity index (χ1) is 7.27. The van der Waals surface area contributed by atoms with E-state index < -0.39 is 6.16 Å². The zero-order chi connectivity index (χ0) is 11.4. The van der Waals surface area contributed by atoms with E-state index in [1.807, 2.05) is 0 Å². The molecule has 0 amide bonds. The zero-order valence-electron chi connectivity index (χ0n) is 9.21. The van der Waals surface area contributed by atoms with Crippen LogP contribution in [0.3, 0.4) is 0 Å². The van der Waals surface area contributed by atoms with E-state index in [0.29, 0.717) is 6.61 Å². The second-order valence-electron chi connectivity index (χ2n) is 3.63. The van der Waals surface area contributed by atoms with Crippen LogP contribution < -0.4 is 0 Å². The molecule has 0 aromatic rings. The van der Waals surface area contributed by atoms with Gasteiger partial charge in [-0.3, -0.25) is 0 Å². The fourth-order valence-corrected chi connectivity index (χ4v) is 1.61. The Morgan fingerprint density at radius 1 is 0.933 bits per heavy atom. The normalized spacial score (nSPS) is 10.2. The van der Waals surface area contributed by atoms with E-state index >= 15 is 0 Å². The summed E-state index contributed by atoms with van der Waals surface area (Å²) in [6.45, 7) is 0.335. The minimum absolute atomic E-state index is 0.335. The third kappa shape index (κ3) is 13.6. The van der Waals surface area contributed by atoms with Gasteiger partial charge in [-0.25, -0.2) is 4.79 Å². The Balaban J connectivity index is 2.89. The summed E-state index contributed by atoms with van der Waals surface area (Å²) in [5, 5.41) is 8.20. The van der Waals surface area contributed by atoms with Crippen LogP contribution in [0.4, 0.5) is 4.79 Å². The van der Waals surface area contributed by atoms with Crippen molar-refractivity contribution < 1.29 is 14.6 Å². The Bertz CT molecular complexity index is 151. The molecule has 4 heteroatoms. The number of hydrogen-bond donors (Lipinski definition) is 1. The minimum atomic E-state index is -1.17. The standard InChI is InChI=1S/C11H21ClO3/c12-9-7-5-3-1-2-4-6-8-10-15-11(13)14/h1-10H2,(H,13,14). The highest BCUT2D eigenvalue weighted by Crippen LogP contribution is 2.08. The molecule has 0 saturated heterocycles. The molecule has 0 aromatic carbocycles. The van der Waals surface area contributed by atoms with Gasteiger partial charge in [-0.05, 0) is 12.8 Å². The monoisotopic (exact) mass is 236 g/mol. The van der Waals surface area contributed by atoms with Crippen molar-refractivity contribution in [3.63, 3.8) is 0 Å². The van der Waals surface area contributed by atoms with E-state index in [2.05, 4.69) is 4.74 Å². The molecule has 0 spiro atoms. The molecule has 0 aliphatic heterocycles. The largest absolute Gasteiger partial charge is 0.505 e. The molecular weight excluding hydrogens is 216 g/mol. The van der Waals surface area contributed by atoms with Crippen LogP contribution in [0.1, 0.15) is 51.4 Å². The van der Waals surface area contributed by atoms with Crippen LogP contribution in [0.25, 0.3) is 0 Å². The maximum atomic E-state index is 10.0. The first kappa shape index (κ1) is 14.6. The van der Waals surface area contributed by atoms with Crippen LogP contribution in [-0.2, 0) is 4.74 Å². The van der Waals surface area contributed by atoms with Crippen LogP contribution in [-0.4, -0.2) is 23.7 Å². The summed E-state index contributed by atoms with van der Waals surface area (Å²) in [5.41, 5.74) is 0. The van der Waals surface area contributed by atoms with Crippen LogP contribution in [0, 0.1) is 0 Å². The van der Waals surface area contributed by atoms with E-state index in [-0.39, 0.29) is 0 Å². The van der Waals surface area contributed by atoms with Crippen LogP contribution in [0.5, 0.6) is 0 Å². The van der Waals surface area contributed by atoms with E-state index in [1.165, 1.54) is 32.1 Å². The smallest absolute Gasteiger partial charge is 0.450 e. The lowest BCUT2D eigenvalue weighted by molar-refractivity contribution is 0.0899. The summed E-state index contributed by atoms with van der Waals surface area (Å²) in [6, 6.07) is 0. The molecule has 0 aromatic heterocycles. The SMILES string of the molecule is O=C(O)OCCCCCCCCCCCl. The van der Waals surface area contributed by atoms with Crippen molar-refractivity contribution in [3.8, 4) is 0 Å². The number of ether oxygens (including phenoxy) is 1. The van der Waals surface area contributed by atoms with Crippen LogP contribution >= 0.6 is 11.6 Å². The van der Waals surface area contributed by atoms with Gasteiger partial charge in [-0.2, -0.15) is 0 Å². The molecular formula is C11H21ClO3. The quantitative estimate of drug-likeness (QED) is 0.354. The minimum Gasteiger partial charge on any atom is -0.450 e. The van der Waals surface area contributed by atoms with Crippen LogP contribution in [0.15, 0.2) is 0 Å². The molecule has 0 aliphatic carbocycles. The Morgan fingerprint density at radius 3 is 1.87 bits per heavy atom. The summed E-state index contributed by atoms with van der Waals surface area (Å²) < 4.78 is 4.40. The van der Waals surface area contributed by atoms with E-state index in [1.54, 1.807) is 0 Å². The molecule has 0 saturated carbocycles. The molecule has 90 valence electrons. The third-order valence-electron chi connectivity index (χ3n) is 2.25. The highest BCUT2D eigenvalue weighted by Gasteiger charge is 1.95. The molecule has 0 rings (SSSR count). The van der Waals surface area contributed by atoms with E-state index in [9.17, 15) is 4.79 Å². The van der Waals surface area contributed by atoms with Gasteiger partial charge in [0.1, 0.15) is 0 Å². The lowest BCUT2D eigenvalue weighted by Crippen LogP contribution is -2.01. The molecule has 0 radical (unpaired) electrons. The summed E-state index contributed by atoms with van der Waals surface area (Å²) in [5.74, 6) is 0.770. The second kappa shape index (κ2) is 11.6. The number of unbranched alkanes of at least 4 members (excludes halogenated alkanes) is 7. The number of carboxylic acid groups (broad SMARTS) is 1. The molecule has 0 atom stereocenters. The number of alkyl halides is 1. The second-order valence-corrected chi connectivity index (χ2v) is 4.01. The van der Waals surface area contributed by atoms with E-state index in [4.69, 9.17) is 16.7 Å².